The summed E-state index contributed by atoms with van der Waals surface area (Å²) in [6, 6.07) is 0. The number of amides is 2. The number of aryl methyl sites for hydroxylation is 1. The standard InChI is InChI=1S/C17H28N6O2S/c1-19-6-10-22(11-7-19)15(24)14(26-17-18-4-5-21(17)3)16(25)23-12-8-20(2)9-13-23/h4-5,14H,6-13H2,1-3H3. The average Bonchev–Trinajstić information content (AvgIpc) is 3.04. The quantitative estimate of drug-likeness (QED) is 0.515. The zero-order chi connectivity index (χ0) is 18.7. The van der Waals surface area contributed by atoms with Gasteiger partial charge in [0.1, 0.15) is 0 Å². The molecule has 2 aliphatic rings. The molecule has 2 fully saturated rings. The summed E-state index contributed by atoms with van der Waals surface area (Å²) in [6.45, 7) is 6.04. The van der Waals surface area contributed by atoms with Crippen molar-refractivity contribution in [2.24, 2.45) is 7.05 Å². The zero-order valence-electron chi connectivity index (χ0n) is 15.8. The van der Waals surface area contributed by atoms with Crippen molar-refractivity contribution in [1.82, 2.24) is 29.2 Å². The molecule has 0 radical (unpaired) electrons. The highest BCUT2D eigenvalue weighted by atomic mass is 32.2. The van der Waals surface area contributed by atoms with Crippen molar-refractivity contribution in [3.8, 4) is 0 Å². The van der Waals surface area contributed by atoms with E-state index >= 15 is 0 Å². The molecule has 8 nitrogen and oxygen atoms in total. The van der Waals surface area contributed by atoms with Gasteiger partial charge in [-0.15, -0.1) is 0 Å². The van der Waals surface area contributed by atoms with Crippen LogP contribution in [-0.2, 0) is 16.6 Å². The minimum Gasteiger partial charge on any atom is -0.339 e. The summed E-state index contributed by atoms with van der Waals surface area (Å²) in [4.78, 5) is 38.7. The molecule has 2 amide bonds. The van der Waals surface area contributed by atoms with E-state index in [4.69, 9.17) is 0 Å². The number of rotatable bonds is 4. The summed E-state index contributed by atoms with van der Waals surface area (Å²) in [5, 5.41) is -0.0668. The lowest BCUT2D eigenvalue weighted by atomic mass is 10.2. The van der Waals surface area contributed by atoms with E-state index in [-0.39, 0.29) is 11.8 Å². The van der Waals surface area contributed by atoms with Gasteiger partial charge in [0.25, 0.3) is 0 Å². The van der Waals surface area contributed by atoms with E-state index in [1.165, 1.54) is 11.8 Å². The molecule has 26 heavy (non-hydrogen) atoms. The van der Waals surface area contributed by atoms with E-state index in [9.17, 15) is 9.59 Å². The summed E-state index contributed by atoms with van der Waals surface area (Å²) in [5.41, 5.74) is 0. The summed E-state index contributed by atoms with van der Waals surface area (Å²) in [5.74, 6) is -0.176. The first-order valence-corrected chi connectivity index (χ1v) is 9.92. The number of piperazine rings is 2. The Morgan fingerprint density at radius 3 is 1.73 bits per heavy atom. The molecule has 0 bridgehead atoms. The summed E-state index contributed by atoms with van der Waals surface area (Å²) >= 11 is 1.27. The highest BCUT2D eigenvalue weighted by Crippen LogP contribution is 2.25. The van der Waals surface area contributed by atoms with E-state index in [1.54, 1.807) is 6.20 Å². The van der Waals surface area contributed by atoms with Gasteiger partial charge in [0, 0.05) is 71.8 Å². The lowest BCUT2D eigenvalue weighted by molar-refractivity contribution is -0.141. The first-order valence-electron chi connectivity index (χ1n) is 9.04. The number of aromatic nitrogens is 2. The van der Waals surface area contributed by atoms with Crippen LogP contribution in [0.2, 0.25) is 0 Å². The highest BCUT2D eigenvalue weighted by molar-refractivity contribution is 8.01. The number of thioether (sulfide) groups is 1. The van der Waals surface area contributed by atoms with Crippen LogP contribution in [-0.4, -0.2) is 113 Å². The van der Waals surface area contributed by atoms with Gasteiger partial charge in [0.2, 0.25) is 11.8 Å². The summed E-state index contributed by atoms with van der Waals surface area (Å²) in [6.07, 6.45) is 3.53. The van der Waals surface area contributed by atoms with Crippen LogP contribution in [0.3, 0.4) is 0 Å². The normalized spacial score (nSPS) is 20.0. The van der Waals surface area contributed by atoms with E-state index in [0.29, 0.717) is 31.3 Å². The number of likely N-dealkylation sites (N-methyl/N-ethyl adjacent to an activating group) is 2. The van der Waals surface area contributed by atoms with Gasteiger partial charge in [-0.1, -0.05) is 11.8 Å². The average molecular weight is 381 g/mol. The van der Waals surface area contributed by atoms with Crippen molar-refractivity contribution >= 4 is 23.6 Å². The largest absolute Gasteiger partial charge is 0.339 e. The van der Waals surface area contributed by atoms with Crippen LogP contribution in [0.1, 0.15) is 0 Å². The fourth-order valence-electron chi connectivity index (χ4n) is 3.16. The molecule has 1 aromatic heterocycles. The van der Waals surface area contributed by atoms with Crippen molar-refractivity contribution < 1.29 is 9.59 Å². The van der Waals surface area contributed by atoms with Gasteiger partial charge >= 0.3 is 0 Å². The van der Waals surface area contributed by atoms with Crippen LogP contribution in [0.15, 0.2) is 17.6 Å². The molecule has 144 valence electrons. The lowest BCUT2D eigenvalue weighted by Crippen LogP contribution is -2.55. The number of hydrogen-bond acceptors (Lipinski definition) is 6. The van der Waals surface area contributed by atoms with Crippen LogP contribution in [0, 0.1) is 0 Å². The maximum Gasteiger partial charge on any atom is 0.245 e. The number of hydrogen-bond donors (Lipinski definition) is 0. The van der Waals surface area contributed by atoms with Crippen LogP contribution in [0.4, 0.5) is 0 Å². The Labute approximate surface area is 159 Å². The molecule has 3 rings (SSSR count). The molecule has 3 heterocycles. The fraction of sp³-hybridized carbons (Fsp3) is 0.706. The molecular formula is C17H28N6O2S. The van der Waals surface area contributed by atoms with Gasteiger partial charge in [0.05, 0.1) is 0 Å². The fourth-order valence-corrected chi connectivity index (χ4v) is 4.22. The molecule has 2 aliphatic heterocycles. The van der Waals surface area contributed by atoms with Crippen molar-refractivity contribution in [2.75, 3.05) is 66.5 Å². The van der Waals surface area contributed by atoms with Crippen molar-refractivity contribution in [3.63, 3.8) is 0 Å². The highest BCUT2D eigenvalue weighted by Gasteiger charge is 2.37. The molecule has 0 spiro atoms. The molecule has 2 saturated heterocycles. The minimum atomic E-state index is -0.761. The smallest absolute Gasteiger partial charge is 0.245 e. The zero-order valence-corrected chi connectivity index (χ0v) is 16.6. The first kappa shape index (κ1) is 19.2. The van der Waals surface area contributed by atoms with Crippen molar-refractivity contribution in [1.29, 1.82) is 0 Å². The molecule has 0 N–H and O–H groups in total. The van der Waals surface area contributed by atoms with Crippen LogP contribution in [0.25, 0.3) is 0 Å². The maximum atomic E-state index is 13.2. The SMILES string of the molecule is CN1CCN(C(=O)C(Sc2nccn2C)C(=O)N2CCN(C)CC2)CC1. The van der Waals surface area contributed by atoms with E-state index in [0.717, 1.165) is 26.2 Å². The second-order valence-electron chi connectivity index (χ2n) is 7.08. The van der Waals surface area contributed by atoms with Crippen LogP contribution in [0.5, 0.6) is 0 Å². The third-order valence-corrected chi connectivity index (χ3v) is 6.32. The Morgan fingerprint density at radius 2 is 1.35 bits per heavy atom. The van der Waals surface area contributed by atoms with Gasteiger partial charge in [-0.2, -0.15) is 0 Å². The molecule has 0 atom stereocenters. The molecule has 0 aromatic carbocycles. The third kappa shape index (κ3) is 4.39. The second kappa shape index (κ2) is 8.41. The van der Waals surface area contributed by atoms with Gasteiger partial charge in [0.15, 0.2) is 10.4 Å². The first-order chi connectivity index (χ1) is 12.5. The van der Waals surface area contributed by atoms with Gasteiger partial charge in [-0.25, -0.2) is 4.98 Å². The summed E-state index contributed by atoms with van der Waals surface area (Å²) in [7, 11) is 5.99. The molecule has 0 unspecified atom stereocenters. The third-order valence-electron chi connectivity index (χ3n) is 5.08. The Balaban J connectivity index is 1.75. The summed E-state index contributed by atoms with van der Waals surface area (Å²) < 4.78 is 1.85. The van der Waals surface area contributed by atoms with E-state index < -0.39 is 5.25 Å². The maximum absolute atomic E-state index is 13.2. The predicted octanol–water partition coefficient (Wildman–Crippen LogP) is -0.571. The molecule has 0 aliphatic carbocycles. The number of imidazole rings is 1. The van der Waals surface area contributed by atoms with Gasteiger partial charge < -0.3 is 24.2 Å². The van der Waals surface area contributed by atoms with Crippen molar-refractivity contribution in [2.45, 2.75) is 10.4 Å². The lowest BCUT2D eigenvalue weighted by Gasteiger charge is -2.37. The Bertz CT molecular complexity index is 601. The second-order valence-corrected chi connectivity index (χ2v) is 8.15. The molecular weight excluding hydrogens is 352 g/mol. The molecule has 0 saturated carbocycles. The van der Waals surface area contributed by atoms with Crippen LogP contribution >= 0.6 is 11.8 Å². The van der Waals surface area contributed by atoms with E-state index in [2.05, 4.69) is 28.9 Å². The minimum absolute atomic E-state index is 0.0879. The van der Waals surface area contributed by atoms with Crippen molar-refractivity contribution in [3.05, 3.63) is 12.4 Å². The monoisotopic (exact) mass is 380 g/mol. The molecule has 9 heteroatoms. The number of carbonyl (C=O) groups excluding carboxylic acids is 2. The number of nitrogens with zero attached hydrogens (tertiary/aromatic N) is 6. The van der Waals surface area contributed by atoms with Crippen LogP contribution < -0.4 is 0 Å². The van der Waals surface area contributed by atoms with Gasteiger partial charge in [-0.3, -0.25) is 9.59 Å². The van der Waals surface area contributed by atoms with Gasteiger partial charge in [-0.05, 0) is 14.1 Å². The Kier molecular flexibility index (Phi) is 6.20. The Morgan fingerprint density at radius 1 is 0.885 bits per heavy atom. The predicted molar refractivity (Wildman–Crippen MR) is 101 cm³/mol. The Hall–Kier alpha value is -1.58. The topological polar surface area (TPSA) is 64.9 Å². The van der Waals surface area contributed by atoms with E-state index in [1.807, 2.05) is 27.6 Å². The molecule has 1 aromatic rings. The number of carbonyl (C=O) groups is 2.